The SMILES string of the molecule is COc1ccc2c(c1)CC1NC2CNC1=O. The van der Waals surface area contributed by atoms with Crippen LogP contribution in [-0.4, -0.2) is 25.6 Å². The number of carbonyl (C=O) groups excluding carboxylic acids is 1. The number of rotatable bonds is 1. The van der Waals surface area contributed by atoms with Gasteiger partial charge in [0, 0.05) is 6.54 Å². The van der Waals surface area contributed by atoms with Crippen LogP contribution in [0.1, 0.15) is 17.2 Å². The molecule has 0 saturated carbocycles. The number of piperazine rings is 1. The van der Waals surface area contributed by atoms with Gasteiger partial charge in [0.25, 0.3) is 0 Å². The Hall–Kier alpha value is -1.55. The van der Waals surface area contributed by atoms with Gasteiger partial charge >= 0.3 is 0 Å². The Bertz CT molecular complexity index is 445. The summed E-state index contributed by atoms with van der Waals surface area (Å²) in [5, 5.41) is 6.26. The maximum absolute atomic E-state index is 11.6. The van der Waals surface area contributed by atoms with Crippen molar-refractivity contribution >= 4 is 5.91 Å². The summed E-state index contributed by atoms with van der Waals surface area (Å²) in [6.07, 6.45) is 0.745. The summed E-state index contributed by atoms with van der Waals surface area (Å²) in [5.41, 5.74) is 2.50. The van der Waals surface area contributed by atoms with E-state index in [1.54, 1.807) is 7.11 Å². The van der Waals surface area contributed by atoms with E-state index >= 15 is 0 Å². The fraction of sp³-hybridized carbons (Fsp3) is 0.417. The highest BCUT2D eigenvalue weighted by atomic mass is 16.5. The second kappa shape index (κ2) is 3.49. The predicted molar refractivity (Wildman–Crippen MR) is 59.4 cm³/mol. The molecule has 0 spiro atoms. The molecule has 1 fully saturated rings. The van der Waals surface area contributed by atoms with Crippen LogP contribution in [-0.2, 0) is 11.2 Å². The highest BCUT2D eigenvalue weighted by molar-refractivity contribution is 5.83. The monoisotopic (exact) mass is 218 g/mol. The van der Waals surface area contributed by atoms with Crippen molar-refractivity contribution in [2.24, 2.45) is 0 Å². The average molecular weight is 218 g/mol. The molecule has 1 aromatic carbocycles. The summed E-state index contributed by atoms with van der Waals surface area (Å²) in [7, 11) is 1.66. The average Bonchev–Trinajstić information content (AvgIpc) is 2.33. The highest BCUT2D eigenvalue weighted by Gasteiger charge is 2.34. The van der Waals surface area contributed by atoms with Crippen LogP contribution in [0.4, 0.5) is 0 Å². The van der Waals surface area contributed by atoms with Gasteiger partial charge in [0.05, 0.1) is 19.2 Å². The minimum atomic E-state index is -0.0849. The third kappa shape index (κ3) is 1.38. The van der Waals surface area contributed by atoms with Gasteiger partial charge in [-0.15, -0.1) is 0 Å². The Morgan fingerprint density at radius 3 is 3.06 bits per heavy atom. The van der Waals surface area contributed by atoms with Crippen LogP contribution in [0.2, 0.25) is 0 Å². The molecule has 2 bridgehead atoms. The van der Waals surface area contributed by atoms with Crippen molar-refractivity contribution in [2.45, 2.75) is 18.5 Å². The van der Waals surface area contributed by atoms with E-state index in [-0.39, 0.29) is 18.0 Å². The summed E-state index contributed by atoms with van der Waals surface area (Å²) >= 11 is 0. The number of hydrogen-bond donors (Lipinski definition) is 2. The van der Waals surface area contributed by atoms with Gasteiger partial charge < -0.3 is 10.1 Å². The standard InChI is InChI=1S/C12H14N2O2/c1-16-8-2-3-9-7(4-8)5-10-12(15)13-6-11(9)14-10/h2-4,10-11,14H,5-6H2,1H3,(H,13,15). The maximum atomic E-state index is 11.6. The molecule has 16 heavy (non-hydrogen) atoms. The van der Waals surface area contributed by atoms with E-state index in [2.05, 4.69) is 16.7 Å². The Balaban J connectivity index is 2.02. The van der Waals surface area contributed by atoms with Crippen molar-refractivity contribution in [3.05, 3.63) is 29.3 Å². The normalized spacial score (nSPS) is 26.9. The quantitative estimate of drug-likeness (QED) is 0.716. The topological polar surface area (TPSA) is 50.4 Å². The number of benzene rings is 1. The molecule has 4 heteroatoms. The van der Waals surface area contributed by atoms with E-state index in [4.69, 9.17) is 4.74 Å². The summed E-state index contributed by atoms with van der Waals surface area (Å²) in [6, 6.07) is 6.25. The van der Waals surface area contributed by atoms with E-state index in [0.29, 0.717) is 6.54 Å². The molecule has 1 aromatic rings. The number of methoxy groups -OCH3 is 1. The zero-order valence-corrected chi connectivity index (χ0v) is 9.12. The lowest BCUT2D eigenvalue weighted by Gasteiger charge is -2.37. The molecule has 2 N–H and O–H groups in total. The molecule has 2 unspecified atom stereocenters. The molecule has 1 saturated heterocycles. The summed E-state index contributed by atoms with van der Waals surface area (Å²) < 4.78 is 5.21. The van der Waals surface area contributed by atoms with Gasteiger partial charge in [-0.1, -0.05) is 6.07 Å². The second-order valence-electron chi connectivity index (χ2n) is 4.29. The third-order valence-electron chi connectivity index (χ3n) is 3.35. The molecule has 0 aliphatic carbocycles. The van der Waals surface area contributed by atoms with Gasteiger partial charge in [0.15, 0.2) is 0 Å². The first-order valence-electron chi connectivity index (χ1n) is 5.48. The minimum Gasteiger partial charge on any atom is -0.497 e. The van der Waals surface area contributed by atoms with Gasteiger partial charge in [-0.25, -0.2) is 0 Å². The zero-order chi connectivity index (χ0) is 11.1. The molecule has 3 rings (SSSR count). The molecule has 2 aliphatic heterocycles. The van der Waals surface area contributed by atoms with Crippen molar-refractivity contribution in [2.75, 3.05) is 13.7 Å². The van der Waals surface area contributed by atoms with Crippen molar-refractivity contribution in [1.82, 2.24) is 10.6 Å². The smallest absolute Gasteiger partial charge is 0.237 e. The molecule has 4 nitrogen and oxygen atoms in total. The van der Waals surface area contributed by atoms with Crippen LogP contribution in [0.3, 0.4) is 0 Å². The fourth-order valence-corrected chi connectivity index (χ4v) is 2.50. The Morgan fingerprint density at radius 2 is 2.25 bits per heavy atom. The van der Waals surface area contributed by atoms with Gasteiger partial charge in [-0.2, -0.15) is 0 Å². The number of nitrogens with one attached hydrogen (secondary N) is 2. The first-order valence-corrected chi connectivity index (χ1v) is 5.48. The van der Waals surface area contributed by atoms with E-state index < -0.39 is 0 Å². The van der Waals surface area contributed by atoms with Gasteiger partial charge in [-0.3, -0.25) is 10.1 Å². The Kier molecular flexibility index (Phi) is 2.11. The first kappa shape index (κ1) is 9.66. The van der Waals surface area contributed by atoms with Crippen LogP contribution >= 0.6 is 0 Å². The predicted octanol–water partition coefficient (Wildman–Crippen LogP) is 0.380. The highest BCUT2D eigenvalue weighted by Crippen LogP contribution is 2.30. The van der Waals surface area contributed by atoms with Gasteiger partial charge in [0.1, 0.15) is 5.75 Å². The summed E-state index contributed by atoms with van der Waals surface area (Å²) in [5.74, 6) is 0.962. The lowest BCUT2D eigenvalue weighted by Crippen LogP contribution is -2.57. The number of fused-ring (bicyclic) bond motifs is 4. The minimum absolute atomic E-state index is 0.0849. The Morgan fingerprint density at radius 1 is 1.38 bits per heavy atom. The van der Waals surface area contributed by atoms with E-state index in [0.717, 1.165) is 12.2 Å². The lowest BCUT2D eigenvalue weighted by molar-refractivity contribution is -0.125. The molecule has 1 amide bonds. The largest absolute Gasteiger partial charge is 0.497 e. The van der Waals surface area contributed by atoms with E-state index in [1.165, 1.54) is 11.1 Å². The fourth-order valence-electron chi connectivity index (χ4n) is 2.50. The number of ether oxygens (including phenoxy) is 1. The zero-order valence-electron chi connectivity index (χ0n) is 9.12. The summed E-state index contributed by atoms with van der Waals surface area (Å²) in [4.78, 5) is 11.6. The van der Waals surface area contributed by atoms with Gasteiger partial charge in [-0.05, 0) is 29.7 Å². The number of amides is 1. The molecular weight excluding hydrogens is 204 g/mol. The van der Waals surface area contributed by atoms with Crippen LogP contribution in [0.15, 0.2) is 18.2 Å². The van der Waals surface area contributed by atoms with Crippen LogP contribution in [0.25, 0.3) is 0 Å². The molecule has 84 valence electrons. The molecule has 2 atom stereocenters. The van der Waals surface area contributed by atoms with Crippen LogP contribution in [0.5, 0.6) is 5.75 Å². The third-order valence-corrected chi connectivity index (χ3v) is 3.35. The van der Waals surface area contributed by atoms with Crippen LogP contribution in [0, 0.1) is 0 Å². The lowest BCUT2D eigenvalue weighted by atomic mass is 9.87. The molecule has 0 aromatic heterocycles. The van der Waals surface area contributed by atoms with E-state index in [9.17, 15) is 4.79 Å². The Labute approximate surface area is 94.0 Å². The molecule has 2 heterocycles. The molecule has 2 aliphatic rings. The van der Waals surface area contributed by atoms with Crippen molar-refractivity contribution < 1.29 is 9.53 Å². The number of hydrogen-bond acceptors (Lipinski definition) is 3. The van der Waals surface area contributed by atoms with E-state index in [1.807, 2.05) is 12.1 Å². The maximum Gasteiger partial charge on any atom is 0.237 e. The van der Waals surface area contributed by atoms with Crippen LogP contribution < -0.4 is 15.4 Å². The van der Waals surface area contributed by atoms with Crippen molar-refractivity contribution in [1.29, 1.82) is 0 Å². The summed E-state index contributed by atoms with van der Waals surface area (Å²) in [6.45, 7) is 0.675. The second-order valence-corrected chi connectivity index (χ2v) is 4.29. The molecule has 0 radical (unpaired) electrons. The number of carbonyl (C=O) groups is 1. The molecular formula is C12H14N2O2. The van der Waals surface area contributed by atoms with Crippen molar-refractivity contribution in [3.63, 3.8) is 0 Å². The van der Waals surface area contributed by atoms with Crippen molar-refractivity contribution in [3.8, 4) is 5.75 Å². The first-order chi connectivity index (χ1) is 7.78. The van der Waals surface area contributed by atoms with Gasteiger partial charge in [0.2, 0.25) is 5.91 Å².